The Morgan fingerprint density at radius 1 is 1.38 bits per heavy atom. The third-order valence-electron chi connectivity index (χ3n) is 3.71. The van der Waals surface area contributed by atoms with Gasteiger partial charge in [0, 0.05) is 45.1 Å². The number of esters is 1. The topological polar surface area (TPSA) is 83.0 Å². The number of hydrogen-bond acceptors (Lipinski definition) is 4. The molecule has 1 aliphatic heterocycles. The van der Waals surface area contributed by atoms with E-state index < -0.39 is 0 Å². The van der Waals surface area contributed by atoms with Crippen LogP contribution >= 0.6 is 24.0 Å². The van der Waals surface area contributed by atoms with Crippen molar-refractivity contribution < 1.29 is 14.3 Å². The second kappa shape index (κ2) is 12.3. The number of nitrogens with one attached hydrogen (secondary N) is 2. The Labute approximate surface area is 162 Å². The molecular formula is C16H31IN4O3. The van der Waals surface area contributed by atoms with Gasteiger partial charge in [-0.3, -0.25) is 14.6 Å². The van der Waals surface area contributed by atoms with Crippen LogP contribution in [0, 0.1) is 5.92 Å². The highest BCUT2D eigenvalue weighted by Crippen LogP contribution is 2.12. The number of guanidine groups is 1. The van der Waals surface area contributed by atoms with Gasteiger partial charge in [0.05, 0.1) is 6.61 Å². The molecular weight excluding hydrogens is 423 g/mol. The monoisotopic (exact) mass is 454 g/mol. The number of nitrogens with zero attached hydrogens (tertiary/aromatic N) is 2. The lowest BCUT2D eigenvalue weighted by atomic mass is 10.2. The fraction of sp³-hybridized carbons (Fsp3) is 0.812. The van der Waals surface area contributed by atoms with E-state index in [0.717, 1.165) is 13.0 Å². The average Bonchev–Trinajstić information content (AvgIpc) is 2.98. The Bertz CT molecular complexity index is 430. The maximum absolute atomic E-state index is 12.0. The normalized spacial score (nSPS) is 17.5. The van der Waals surface area contributed by atoms with Crippen LogP contribution in [-0.4, -0.2) is 62.1 Å². The van der Waals surface area contributed by atoms with Gasteiger partial charge in [-0.2, -0.15) is 0 Å². The Balaban J connectivity index is 0.00000529. The van der Waals surface area contributed by atoms with Crippen molar-refractivity contribution in [2.24, 2.45) is 10.9 Å². The van der Waals surface area contributed by atoms with Crippen molar-refractivity contribution >= 4 is 41.8 Å². The first-order valence-electron chi connectivity index (χ1n) is 8.39. The molecule has 0 aromatic heterocycles. The second-order valence-corrected chi connectivity index (χ2v) is 5.98. The number of carbonyl (C=O) groups is 2. The fourth-order valence-corrected chi connectivity index (χ4v) is 2.50. The molecule has 1 fully saturated rings. The van der Waals surface area contributed by atoms with Crippen LogP contribution in [0.25, 0.3) is 0 Å². The van der Waals surface area contributed by atoms with E-state index in [1.807, 2.05) is 18.7 Å². The van der Waals surface area contributed by atoms with Crippen LogP contribution < -0.4 is 10.6 Å². The van der Waals surface area contributed by atoms with Gasteiger partial charge in [-0.1, -0.05) is 13.8 Å². The molecule has 140 valence electrons. The van der Waals surface area contributed by atoms with E-state index in [-0.39, 0.29) is 47.8 Å². The molecule has 1 heterocycles. The lowest BCUT2D eigenvalue weighted by Gasteiger charge is -2.20. The third-order valence-corrected chi connectivity index (χ3v) is 3.71. The van der Waals surface area contributed by atoms with Gasteiger partial charge in [-0.25, -0.2) is 0 Å². The number of amides is 1. The lowest BCUT2D eigenvalue weighted by molar-refractivity contribution is -0.143. The van der Waals surface area contributed by atoms with Gasteiger partial charge in [0.2, 0.25) is 5.91 Å². The molecule has 1 aliphatic rings. The minimum atomic E-state index is -0.170. The molecule has 1 unspecified atom stereocenters. The minimum absolute atomic E-state index is 0. The second-order valence-electron chi connectivity index (χ2n) is 5.98. The van der Waals surface area contributed by atoms with Crippen LogP contribution in [0.2, 0.25) is 0 Å². The maximum atomic E-state index is 12.0. The number of ether oxygens (including phenoxy) is 1. The van der Waals surface area contributed by atoms with Crippen molar-refractivity contribution in [1.82, 2.24) is 15.5 Å². The summed E-state index contributed by atoms with van der Waals surface area (Å²) in [5.41, 5.74) is 0. The molecule has 2 N–H and O–H groups in total. The number of halogens is 1. The first-order chi connectivity index (χ1) is 11.0. The third kappa shape index (κ3) is 8.16. The van der Waals surface area contributed by atoms with Gasteiger partial charge in [-0.15, -0.1) is 24.0 Å². The zero-order chi connectivity index (χ0) is 17.2. The van der Waals surface area contributed by atoms with Crippen molar-refractivity contribution in [2.75, 3.05) is 33.3 Å². The molecule has 0 aromatic rings. The first-order valence-corrected chi connectivity index (χ1v) is 8.39. The predicted molar refractivity (Wildman–Crippen MR) is 106 cm³/mol. The Morgan fingerprint density at radius 2 is 2.08 bits per heavy atom. The summed E-state index contributed by atoms with van der Waals surface area (Å²) in [5.74, 6) is 0.773. The van der Waals surface area contributed by atoms with E-state index in [4.69, 9.17) is 4.74 Å². The lowest BCUT2D eigenvalue weighted by Crippen LogP contribution is -2.45. The Kier molecular flexibility index (Phi) is 11.8. The SMILES string of the molecule is CCOC(=O)CCCNC(=NC)NC1CCN(C(=O)C(C)C)C1.I. The van der Waals surface area contributed by atoms with Gasteiger partial charge < -0.3 is 20.3 Å². The van der Waals surface area contributed by atoms with Crippen LogP contribution in [0.1, 0.15) is 40.0 Å². The summed E-state index contributed by atoms with van der Waals surface area (Å²) in [6.45, 7) is 8.22. The van der Waals surface area contributed by atoms with Crippen molar-refractivity contribution in [2.45, 2.75) is 46.1 Å². The zero-order valence-corrected chi connectivity index (χ0v) is 17.5. The zero-order valence-electron chi connectivity index (χ0n) is 15.1. The summed E-state index contributed by atoms with van der Waals surface area (Å²) in [4.78, 5) is 29.3. The summed E-state index contributed by atoms with van der Waals surface area (Å²) in [7, 11) is 1.71. The highest BCUT2D eigenvalue weighted by Gasteiger charge is 2.27. The Morgan fingerprint density at radius 3 is 2.67 bits per heavy atom. The molecule has 0 bridgehead atoms. The maximum Gasteiger partial charge on any atom is 0.305 e. The summed E-state index contributed by atoms with van der Waals surface area (Å²) in [6, 6.07) is 0.217. The number of likely N-dealkylation sites (tertiary alicyclic amines) is 1. The van der Waals surface area contributed by atoms with Gasteiger partial charge in [0.15, 0.2) is 5.96 Å². The number of hydrogen-bond donors (Lipinski definition) is 2. The molecule has 0 aromatic carbocycles. The van der Waals surface area contributed by atoms with Crippen LogP contribution in [0.5, 0.6) is 0 Å². The fourth-order valence-electron chi connectivity index (χ4n) is 2.50. The highest BCUT2D eigenvalue weighted by molar-refractivity contribution is 14.0. The van der Waals surface area contributed by atoms with E-state index in [2.05, 4.69) is 15.6 Å². The van der Waals surface area contributed by atoms with E-state index in [1.54, 1.807) is 14.0 Å². The molecule has 0 radical (unpaired) electrons. The molecule has 1 amide bonds. The van der Waals surface area contributed by atoms with Crippen LogP contribution in [0.3, 0.4) is 0 Å². The number of carbonyl (C=O) groups excluding carboxylic acids is 2. The average molecular weight is 454 g/mol. The molecule has 1 rings (SSSR count). The molecule has 24 heavy (non-hydrogen) atoms. The molecule has 0 saturated carbocycles. The summed E-state index contributed by atoms with van der Waals surface area (Å²) >= 11 is 0. The molecule has 1 atom stereocenters. The van der Waals surface area contributed by atoms with Gasteiger partial charge in [-0.05, 0) is 19.8 Å². The standard InChI is InChI=1S/C16H30N4O3.HI/c1-5-23-14(21)7-6-9-18-16(17-4)19-13-8-10-20(11-13)15(22)12(2)3;/h12-13H,5-11H2,1-4H3,(H2,17,18,19);1H. The van der Waals surface area contributed by atoms with Crippen LogP contribution in [0.4, 0.5) is 0 Å². The van der Waals surface area contributed by atoms with E-state index in [1.165, 1.54) is 0 Å². The molecule has 8 heteroatoms. The first kappa shape index (κ1) is 22.9. The Hall–Kier alpha value is -1.06. The number of aliphatic imine (C=N–C) groups is 1. The van der Waals surface area contributed by atoms with Crippen molar-refractivity contribution in [1.29, 1.82) is 0 Å². The minimum Gasteiger partial charge on any atom is -0.466 e. The van der Waals surface area contributed by atoms with Crippen molar-refractivity contribution in [3.05, 3.63) is 0 Å². The van der Waals surface area contributed by atoms with Crippen LogP contribution in [0.15, 0.2) is 4.99 Å². The quantitative estimate of drug-likeness (QED) is 0.200. The summed E-state index contributed by atoms with van der Waals surface area (Å²) in [6.07, 6.45) is 2.02. The highest BCUT2D eigenvalue weighted by atomic mass is 127. The van der Waals surface area contributed by atoms with E-state index in [0.29, 0.717) is 38.5 Å². The van der Waals surface area contributed by atoms with Crippen molar-refractivity contribution in [3.8, 4) is 0 Å². The molecule has 0 aliphatic carbocycles. The predicted octanol–water partition coefficient (Wildman–Crippen LogP) is 1.37. The van der Waals surface area contributed by atoms with E-state index >= 15 is 0 Å². The summed E-state index contributed by atoms with van der Waals surface area (Å²) in [5, 5.41) is 6.52. The molecule has 7 nitrogen and oxygen atoms in total. The smallest absolute Gasteiger partial charge is 0.305 e. The van der Waals surface area contributed by atoms with Gasteiger partial charge in [0.25, 0.3) is 0 Å². The van der Waals surface area contributed by atoms with Gasteiger partial charge in [0.1, 0.15) is 0 Å². The van der Waals surface area contributed by atoms with Gasteiger partial charge >= 0.3 is 5.97 Å². The van der Waals surface area contributed by atoms with Crippen molar-refractivity contribution in [3.63, 3.8) is 0 Å². The summed E-state index contributed by atoms with van der Waals surface area (Å²) < 4.78 is 4.89. The largest absolute Gasteiger partial charge is 0.466 e. The van der Waals surface area contributed by atoms with E-state index in [9.17, 15) is 9.59 Å². The molecule has 1 saturated heterocycles. The van der Waals surface area contributed by atoms with Crippen LogP contribution in [-0.2, 0) is 14.3 Å². The number of rotatable bonds is 7. The molecule has 0 spiro atoms.